The maximum Gasteiger partial charge on any atom is 0.216 e. The molecule has 3 aromatic carbocycles. The minimum Gasteiger partial charge on any atom is -0.492 e. The summed E-state index contributed by atoms with van der Waals surface area (Å²) in [5, 5.41) is 7.26. The zero-order valence-corrected chi connectivity index (χ0v) is 17.1. The standard InChI is InChI=1S/C24H20ClFN2O2/c1-2-29-23-12-11-15(13-18(23)25)20-14-21-17-8-4-6-10-22(17)30-24(28(21)27-20)16-7-3-5-9-19(16)26/h3-13,21,24H,2,14H2,1H3/t21-,24+/m0/s1. The zero-order valence-electron chi connectivity index (χ0n) is 16.4. The molecule has 2 atom stereocenters. The molecule has 0 saturated heterocycles. The van der Waals surface area contributed by atoms with Crippen molar-refractivity contribution in [2.45, 2.75) is 25.6 Å². The van der Waals surface area contributed by atoms with Crippen molar-refractivity contribution >= 4 is 17.3 Å². The molecule has 0 aliphatic carbocycles. The third kappa shape index (κ3) is 3.19. The Labute approximate surface area is 179 Å². The van der Waals surface area contributed by atoms with Crippen molar-refractivity contribution < 1.29 is 13.9 Å². The molecule has 2 heterocycles. The van der Waals surface area contributed by atoms with E-state index in [1.54, 1.807) is 12.1 Å². The van der Waals surface area contributed by atoms with Crippen LogP contribution < -0.4 is 9.47 Å². The summed E-state index contributed by atoms with van der Waals surface area (Å²) in [6.45, 7) is 2.47. The number of nitrogens with zero attached hydrogens (tertiary/aromatic N) is 2. The van der Waals surface area contributed by atoms with Gasteiger partial charge in [0.15, 0.2) is 0 Å². The fourth-order valence-corrected chi connectivity index (χ4v) is 4.28. The number of hydrogen-bond donors (Lipinski definition) is 0. The highest BCUT2D eigenvalue weighted by Gasteiger charge is 2.41. The van der Waals surface area contributed by atoms with E-state index < -0.39 is 6.23 Å². The quantitative estimate of drug-likeness (QED) is 0.508. The topological polar surface area (TPSA) is 34.1 Å². The van der Waals surface area contributed by atoms with E-state index in [0.29, 0.717) is 29.4 Å². The first-order chi connectivity index (χ1) is 14.7. The highest BCUT2D eigenvalue weighted by atomic mass is 35.5. The predicted octanol–water partition coefficient (Wildman–Crippen LogP) is 6.12. The van der Waals surface area contributed by atoms with Gasteiger partial charge in [-0.15, -0.1) is 0 Å². The molecule has 3 aromatic rings. The summed E-state index contributed by atoms with van der Waals surface area (Å²) >= 11 is 6.40. The molecule has 0 unspecified atom stereocenters. The molecule has 0 spiro atoms. The fourth-order valence-electron chi connectivity index (χ4n) is 4.04. The third-order valence-corrected chi connectivity index (χ3v) is 5.73. The van der Waals surface area contributed by atoms with Gasteiger partial charge in [0.2, 0.25) is 6.23 Å². The van der Waals surface area contributed by atoms with Gasteiger partial charge in [-0.3, -0.25) is 0 Å². The summed E-state index contributed by atoms with van der Waals surface area (Å²) in [5.74, 6) is 1.10. The second-order valence-electron chi connectivity index (χ2n) is 7.25. The van der Waals surface area contributed by atoms with E-state index in [1.807, 2.05) is 60.5 Å². The van der Waals surface area contributed by atoms with Crippen LogP contribution in [0.2, 0.25) is 5.02 Å². The first kappa shape index (κ1) is 18.9. The molecule has 5 rings (SSSR count). The SMILES string of the molecule is CCOc1ccc(C2=NN3[C@@H](c4ccccc4F)Oc4ccccc4[C@@H]3C2)cc1Cl. The maximum atomic E-state index is 14.6. The largest absolute Gasteiger partial charge is 0.492 e. The third-order valence-electron chi connectivity index (χ3n) is 5.44. The number of rotatable bonds is 4. The Morgan fingerprint density at radius 2 is 1.87 bits per heavy atom. The van der Waals surface area contributed by atoms with Crippen LogP contribution in [0.25, 0.3) is 0 Å². The lowest BCUT2D eigenvalue weighted by molar-refractivity contribution is -0.0212. The Balaban J connectivity index is 1.56. The van der Waals surface area contributed by atoms with E-state index in [4.69, 9.17) is 26.2 Å². The Bertz CT molecular complexity index is 1130. The van der Waals surface area contributed by atoms with Gasteiger partial charge in [0.05, 0.1) is 28.9 Å². The van der Waals surface area contributed by atoms with Crippen molar-refractivity contribution in [3.63, 3.8) is 0 Å². The first-order valence-corrected chi connectivity index (χ1v) is 10.3. The van der Waals surface area contributed by atoms with E-state index in [1.165, 1.54) is 6.07 Å². The molecule has 0 radical (unpaired) electrons. The number of ether oxygens (including phenoxy) is 2. The van der Waals surface area contributed by atoms with Crippen LogP contribution in [0.3, 0.4) is 0 Å². The van der Waals surface area contributed by atoms with E-state index in [9.17, 15) is 4.39 Å². The van der Waals surface area contributed by atoms with Gasteiger partial charge in [-0.05, 0) is 42.8 Å². The van der Waals surface area contributed by atoms with Crippen molar-refractivity contribution in [2.24, 2.45) is 5.10 Å². The van der Waals surface area contributed by atoms with E-state index in [-0.39, 0.29) is 11.9 Å². The highest BCUT2D eigenvalue weighted by Crippen LogP contribution is 2.47. The molecule has 152 valence electrons. The van der Waals surface area contributed by atoms with Crippen molar-refractivity contribution in [2.75, 3.05) is 6.61 Å². The Morgan fingerprint density at radius 3 is 2.63 bits per heavy atom. The van der Waals surface area contributed by atoms with Crippen LogP contribution in [0.4, 0.5) is 4.39 Å². The molecule has 30 heavy (non-hydrogen) atoms. The second-order valence-corrected chi connectivity index (χ2v) is 7.66. The molecule has 0 aromatic heterocycles. The van der Waals surface area contributed by atoms with E-state index in [2.05, 4.69) is 0 Å². The smallest absolute Gasteiger partial charge is 0.216 e. The fraction of sp³-hybridized carbons (Fsp3) is 0.208. The predicted molar refractivity (Wildman–Crippen MR) is 115 cm³/mol. The van der Waals surface area contributed by atoms with Crippen LogP contribution in [-0.4, -0.2) is 17.3 Å². The van der Waals surface area contributed by atoms with Crippen LogP contribution in [0.15, 0.2) is 71.8 Å². The molecule has 0 bridgehead atoms. The van der Waals surface area contributed by atoms with Gasteiger partial charge in [0, 0.05) is 12.0 Å². The van der Waals surface area contributed by atoms with Crippen LogP contribution >= 0.6 is 11.6 Å². The monoisotopic (exact) mass is 422 g/mol. The molecule has 2 aliphatic heterocycles. The lowest BCUT2D eigenvalue weighted by atomic mass is 9.96. The number of hydrazone groups is 1. The van der Waals surface area contributed by atoms with Gasteiger partial charge in [-0.1, -0.05) is 48.0 Å². The minimum absolute atomic E-state index is 0.0418. The van der Waals surface area contributed by atoms with E-state index >= 15 is 0 Å². The van der Waals surface area contributed by atoms with Gasteiger partial charge in [0.25, 0.3) is 0 Å². The Hall–Kier alpha value is -3.05. The van der Waals surface area contributed by atoms with Crippen molar-refractivity contribution in [1.29, 1.82) is 0 Å². The Kier molecular flexibility index (Phi) is 4.83. The molecule has 0 saturated carbocycles. The van der Waals surface area contributed by atoms with Gasteiger partial charge in [-0.25, -0.2) is 9.40 Å². The summed E-state index contributed by atoms with van der Waals surface area (Å²) in [7, 11) is 0. The molecule has 0 amide bonds. The maximum absolute atomic E-state index is 14.6. The molecule has 0 N–H and O–H groups in total. The average molecular weight is 423 g/mol. The summed E-state index contributed by atoms with van der Waals surface area (Å²) in [5.41, 5.74) is 3.31. The Morgan fingerprint density at radius 1 is 1.10 bits per heavy atom. The summed E-state index contributed by atoms with van der Waals surface area (Å²) < 4.78 is 26.4. The molecular weight excluding hydrogens is 403 g/mol. The zero-order chi connectivity index (χ0) is 20.7. The van der Waals surface area contributed by atoms with Crippen molar-refractivity contribution in [3.8, 4) is 11.5 Å². The van der Waals surface area contributed by atoms with Crippen LogP contribution in [-0.2, 0) is 0 Å². The lowest BCUT2D eigenvalue weighted by Crippen LogP contribution is -2.34. The normalized spacial score (nSPS) is 19.6. The van der Waals surface area contributed by atoms with Crippen molar-refractivity contribution in [3.05, 3.63) is 94.3 Å². The number of benzene rings is 3. The lowest BCUT2D eigenvalue weighted by Gasteiger charge is -2.38. The molecule has 4 nitrogen and oxygen atoms in total. The number of hydrogen-bond acceptors (Lipinski definition) is 4. The highest BCUT2D eigenvalue weighted by molar-refractivity contribution is 6.32. The molecule has 0 fully saturated rings. The van der Waals surface area contributed by atoms with Gasteiger partial charge in [0.1, 0.15) is 17.3 Å². The van der Waals surface area contributed by atoms with E-state index in [0.717, 1.165) is 22.6 Å². The summed E-state index contributed by atoms with van der Waals surface area (Å²) in [4.78, 5) is 0. The molecule has 2 aliphatic rings. The van der Waals surface area contributed by atoms with Gasteiger partial charge < -0.3 is 9.47 Å². The molecular formula is C24H20ClFN2O2. The average Bonchev–Trinajstić information content (AvgIpc) is 3.21. The van der Waals surface area contributed by atoms with Crippen LogP contribution in [0.5, 0.6) is 11.5 Å². The van der Waals surface area contributed by atoms with Crippen molar-refractivity contribution in [1.82, 2.24) is 5.01 Å². The number of halogens is 2. The second kappa shape index (κ2) is 7.65. The number of fused-ring (bicyclic) bond motifs is 3. The minimum atomic E-state index is -0.637. The summed E-state index contributed by atoms with van der Waals surface area (Å²) in [6, 6.07) is 20.2. The van der Waals surface area contributed by atoms with Crippen LogP contribution in [0.1, 0.15) is 42.3 Å². The van der Waals surface area contributed by atoms with Gasteiger partial charge in [-0.2, -0.15) is 5.10 Å². The number of para-hydroxylation sites is 1. The van der Waals surface area contributed by atoms with Crippen LogP contribution in [0, 0.1) is 5.82 Å². The first-order valence-electron chi connectivity index (χ1n) is 9.94. The summed E-state index contributed by atoms with van der Waals surface area (Å²) in [6.07, 6.45) is 0.0390. The molecule has 6 heteroatoms. The van der Waals surface area contributed by atoms with Gasteiger partial charge >= 0.3 is 0 Å².